The van der Waals surface area contributed by atoms with Crippen molar-refractivity contribution in [2.75, 3.05) is 25.5 Å². The zero-order chi connectivity index (χ0) is 20.8. The molecule has 1 heterocycles. The molecule has 1 aliphatic rings. The molecular weight excluding hydrogens is 364 g/mol. The van der Waals surface area contributed by atoms with Gasteiger partial charge in [0.05, 0.1) is 0 Å². The van der Waals surface area contributed by atoms with E-state index in [9.17, 15) is 4.79 Å². The van der Waals surface area contributed by atoms with Gasteiger partial charge in [-0.05, 0) is 76.1 Å². The lowest BCUT2D eigenvalue weighted by Crippen LogP contribution is -2.35. The molecule has 5 heteroatoms. The maximum Gasteiger partial charge on any atom is 0.265 e. The Kier molecular flexibility index (Phi) is 7.15. The summed E-state index contributed by atoms with van der Waals surface area (Å²) in [6.45, 7) is 8.12. The van der Waals surface area contributed by atoms with Crippen LogP contribution in [0.15, 0.2) is 42.5 Å². The summed E-state index contributed by atoms with van der Waals surface area (Å²) >= 11 is 0. The minimum atomic E-state index is -0.536. The standard InChI is InChI=1S/C24H32N2O3/c1-5-22(29-23-11-6-17(2)16-18(23)3)24(27)25-19-7-9-20(10-8-19)28-21-12-14-26(4)15-13-21/h6-11,16,21-22H,5,12-15H2,1-4H3,(H,25,27)/t22-/m1/s1. The number of benzene rings is 2. The molecule has 2 aromatic carbocycles. The molecule has 0 radical (unpaired) electrons. The molecule has 1 N–H and O–H groups in total. The highest BCUT2D eigenvalue weighted by Gasteiger charge is 2.20. The molecule has 1 amide bonds. The van der Waals surface area contributed by atoms with E-state index in [2.05, 4.69) is 23.3 Å². The number of nitrogens with zero attached hydrogens (tertiary/aromatic N) is 1. The molecule has 1 atom stereocenters. The van der Waals surface area contributed by atoms with Crippen molar-refractivity contribution in [1.29, 1.82) is 0 Å². The van der Waals surface area contributed by atoms with E-state index in [4.69, 9.17) is 9.47 Å². The Bertz CT molecular complexity index is 811. The highest BCUT2D eigenvalue weighted by atomic mass is 16.5. The first kappa shape index (κ1) is 21.2. The molecular formula is C24H32N2O3. The van der Waals surface area contributed by atoms with Crippen LogP contribution in [0.25, 0.3) is 0 Å². The van der Waals surface area contributed by atoms with Crippen LogP contribution in [0.3, 0.4) is 0 Å². The number of ether oxygens (including phenoxy) is 2. The Hall–Kier alpha value is -2.53. The average molecular weight is 397 g/mol. The van der Waals surface area contributed by atoms with E-state index < -0.39 is 6.10 Å². The summed E-state index contributed by atoms with van der Waals surface area (Å²) in [6, 6.07) is 13.6. The first-order chi connectivity index (χ1) is 13.9. The summed E-state index contributed by atoms with van der Waals surface area (Å²) in [5, 5.41) is 2.95. The normalized spacial score (nSPS) is 16.3. The Morgan fingerprint density at radius 3 is 2.45 bits per heavy atom. The second-order valence-electron chi connectivity index (χ2n) is 7.92. The van der Waals surface area contributed by atoms with Crippen LogP contribution in [-0.4, -0.2) is 43.2 Å². The van der Waals surface area contributed by atoms with Gasteiger partial charge in [-0.25, -0.2) is 0 Å². The number of carbonyl (C=O) groups excluding carboxylic acids is 1. The molecule has 29 heavy (non-hydrogen) atoms. The van der Waals surface area contributed by atoms with Crippen LogP contribution < -0.4 is 14.8 Å². The first-order valence-corrected chi connectivity index (χ1v) is 10.4. The molecule has 0 unspecified atom stereocenters. The number of amides is 1. The number of nitrogens with one attached hydrogen (secondary N) is 1. The van der Waals surface area contributed by atoms with Gasteiger partial charge in [-0.2, -0.15) is 0 Å². The minimum Gasteiger partial charge on any atom is -0.490 e. The number of hydrogen-bond acceptors (Lipinski definition) is 4. The fraction of sp³-hybridized carbons (Fsp3) is 0.458. The summed E-state index contributed by atoms with van der Waals surface area (Å²) in [5.74, 6) is 1.45. The van der Waals surface area contributed by atoms with E-state index in [1.54, 1.807) is 0 Å². The monoisotopic (exact) mass is 396 g/mol. The molecule has 0 bridgehead atoms. The van der Waals surface area contributed by atoms with Crippen LogP contribution >= 0.6 is 0 Å². The highest BCUT2D eigenvalue weighted by Crippen LogP contribution is 2.23. The van der Waals surface area contributed by atoms with Crippen LogP contribution in [0, 0.1) is 13.8 Å². The number of rotatable bonds is 7. The van der Waals surface area contributed by atoms with Crippen LogP contribution in [0.1, 0.15) is 37.3 Å². The van der Waals surface area contributed by atoms with E-state index in [1.165, 1.54) is 5.56 Å². The van der Waals surface area contributed by atoms with Gasteiger partial charge in [0, 0.05) is 18.8 Å². The third kappa shape index (κ3) is 5.97. The third-order valence-electron chi connectivity index (χ3n) is 5.35. The highest BCUT2D eigenvalue weighted by molar-refractivity contribution is 5.94. The average Bonchev–Trinajstić information content (AvgIpc) is 2.70. The minimum absolute atomic E-state index is 0.142. The molecule has 156 valence electrons. The number of aryl methyl sites for hydroxylation is 2. The Balaban J connectivity index is 1.56. The molecule has 2 aromatic rings. The van der Waals surface area contributed by atoms with Crippen molar-refractivity contribution in [3.63, 3.8) is 0 Å². The van der Waals surface area contributed by atoms with E-state index in [0.717, 1.165) is 48.7 Å². The summed E-state index contributed by atoms with van der Waals surface area (Å²) in [5.41, 5.74) is 2.95. The zero-order valence-electron chi connectivity index (χ0n) is 17.9. The van der Waals surface area contributed by atoms with Crippen LogP contribution in [-0.2, 0) is 4.79 Å². The summed E-state index contributed by atoms with van der Waals surface area (Å²) in [6.07, 6.45) is 2.41. The predicted octanol–water partition coefficient (Wildman–Crippen LogP) is 4.57. The van der Waals surface area contributed by atoms with Crippen molar-refractivity contribution in [3.05, 3.63) is 53.6 Å². The molecule has 3 rings (SSSR count). The molecule has 0 aliphatic carbocycles. The van der Waals surface area contributed by atoms with Crippen molar-refractivity contribution < 1.29 is 14.3 Å². The lowest BCUT2D eigenvalue weighted by atomic mass is 10.1. The number of piperidine rings is 1. The Morgan fingerprint density at radius 2 is 1.83 bits per heavy atom. The quantitative estimate of drug-likeness (QED) is 0.745. The van der Waals surface area contributed by atoms with Gasteiger partial charge in [-0.3, -0.25) is 4.79 Å². The molecule has 0 spiro atoms. The summed E-state index contributed by atoms with van der Waals surface area (Å²) in [4.78, 5) is 15.0. The van der Waals surface area contributed by atoms with E-state index in [-0.39, 0.29) is 12.0 Å². The molecule has 1 aliphatic heterocycles. The lowest BCUT2D eigenvalue weighted by Gasteiger charge is -2.29. The second-order valence-corrected chi connectivity index (χ2v) is 7.92. The number of likely N-dealkylation sites (tertiary alicyclic amines) is 1. The van der Waals surface area contributed by atoms with Crippen molar-refractivity contribution in [2.45, 2.75) is 52.2 Å². The molecule has 0 aromatic heterocycles. The zero-order valence-corrected chi connectivity index (χ0v) is 17.9. The number of hydrogen-bond donors (Lipinski definition) is 1. The van der Waals surface area contributed by atoms with E-state index >= 15 is 0 Å². The molecule has 1 fully saturated rings. The van der Waals surface area contributed by atoms with Gasteiger partial charge in [-0.1, -0.05) is 24.6 Å². The third-order valence-corrected chi connectivity index (χ3v) is 5.35. The van der Waals surface area contributed by atoms with Crippen molar-refractivity contribution in [1.82, 2.24) is 4.90 Å². The van der Waals surface area contributed by atoms with Gasteiger partial charge >= 0.3 is 0 Å². The molecule has 0 saturated carbocycles. The SMILES string of the molecule is CC[C@@H](Oc1ccc(C)cc1C)C(=O)Nc1ccc(OC2CCN(C)CC2)cc1. The van der Waals surface area contributed by atoms with Gasteiger partial charge in [0.1, 0.15) is 17.6 Å². The topological polar surface area (TPSA) is 50.8 Å². The Morgan fingerprint density at radius 1 is 1.14 bits per heavy atom. The first-order valence-electron chi connectivity index (χ1n) is 10.4. The summed E-state index contributed by atoms with van der Waals surface area (Å²) < 4.78 is 12.0. The largest absolute Gasteiger partial charge is 0.490 e. The van der Waals surface area contributed by atoms with Gasteiger partial charge in [0.15, 0.2) is 6.10 Å². The van der Waals surface area contributed by atoms with Crippen LogP contribution in [0.5, 0.6) is 11.5 Å². The van der Waals surface area contributed by atoms with Gasteiger partial charge in [0.2, 0.25) is 0 Å². The Labute approximate surface area is 174 Å². The van der Waals surface area contributed by atoms with Crippen LogP contribution in [0.4, 0.5) is 5.69 Å². The fourth-order valence-corrected chi connectivity index (χ4v) is 3.54. The summed E-state index contributed by atoms with van der Waals surface area (Å²) in [7, 11) is 2.14. The maximum atomic E-state index is 12.7. The molecule has 5 nitrogen and oxygen atoms in total. The molecule has 1 saturated heterocycles. The number of carbonyl (C=O) groups is 1. The van der Waals surface area contributed by atoms with E-state index in [0.29, 0.717) is 6.42 Å². The van der Waals surface area contributed by atoms with Crippen molar-refractivity contribution in [2.24, 2.45) is 0 Å². The van der Waals surface area contributed by atoms with E-state index in [1.807, 2.05) is 57.2 Å². The van der Waals surface area contributed by atoms with Gasteiger partial charge in [-0.15, -0.1) is 0 Å². The number of anilines is 1. The lowest BCUT2D eigenvalue weighted by molar-refractivity contribution is -0.122. The van der Waals surface area contributed by atoms with Crippen molar-refractivity contribution in [3.8, 4) is 11.5 Å². The van der Waals surface area contributed by atoms with Crippen LogP contribution in [0.2, 0.25) is 0 Å². The van der Waals surface area contributed by atoms with Gasteiger partial charge < -0.3 is 19.7 Å². The van der Waals surface area contributed by atoms with Crippen molar-refractivity contribution >= 4 is 11.6 Å². The smallest absolute Gasteiger partial charge is 0.265 e. The fourth-order valence-electron chi connectivity index (χ4n) is 3.54. The maximum absolute atomic E-state index is 12.7. The second kappa shape index (κ2) is 9.79. The van der Waals surface area contributed by atoms with Gasteiger partial charge in [0.25, 0.3) is 5.91 Å². The predicted molar refractivity (Wildman–Crippen MR) is 117 cm³/mol.